The van der Waals surface area contributed by atoms with E-state index in [-0.39, 0.29) is 37.3 Å². The number of carbonyl (C=O) groups is 4. The molecule has 34 heavy (non-hydrogen) atoms. The molecule has 0 aromatic heterocycles. The lowest BCUT2D eigenvalue weighted by Gasteiger charge is -2.25. The van der Waals surface area contributed by atoms with E-state index in [0.717, 1.165) is 0 Å². The molecule has 2 heterocycles. The summed E-state index contributed by atoms with van der Waals surface area (Å²) >= 11 is 20.2. The lowest BCUT2D eigenvalue weighted by atomic mass is 9.82. The Kier molecular flexibility index (Phi) is 3.62. The summed E-state index contributed by atoms with van der Waals surface area (Å²) in [6.07, 6.45) is 0. The summed E-state index contributed by atoms with van der Waals surface area (Å²) in [4.78, 5) is 50.3. The van der Waals surface area contributed by atoms with E-state index in [1.54, 1.807) is 13.0 Å². The third kappa shape index (κ3) is 2.14. The van der Waals surface area contributed by atoms with Gasteiger partial charge in [-0.3, -0.25) is 0 Å². The molecule has 0 spiro atoms. The fraction of sp³-hybridized carbons (Fsp3) is 0.0400. The minimum Gasteiger partial charge on any atom is -0.386 e. The number of benzene rings is 5. The minimum atomic E-state index is -0.813. The lowest BCUT2D eigenvalue weighted by molar-refractivity contribution is 0.0373. The van der Waals surface area contributed by atoms with Gasteiger partial charge in [-0.15, -0.1) is 0 Å². The van der Waals surface area contributed by atoms with Crippen molar-refractivity contribution in [3.05, 3.63) is 67.2 Å². The molecule has 7 rings (SSSR count). The molecule has 2 aliphatic heterocycles. The zero-order chi connectivity index (χ0) is 23.8. The molecule has 0 N–H and O–H groups in total. The molecule has 0 amide bonds. The number of cyclic esters (lactones) is 4. The van der Waals surface area contributed by atoms with E-state index in [1.807, 2.05) is 0 Å². The van der Waals surface area contributed by atoms with Gasteiger partial charge in [-0.25, -0.2) is 19.2 Å². The standard InChI is InChI=1S/C25H7Cl3O6/c1-6-2-7-15-8(23(30)33-22(7)29)4-12(27)18-19-13(28)5-10-16-9(24(31)34-25(10)32)3-11(26)17(21(16)19)14(6)20(15)18/h2-5H,1H3. The highest BCUT2D eigenvalue weighted by Gasteiger charge is 2.35. The van der Waals surface area contributed by atoms with Crippen LogP contribution in [0.5, 0.6) is 0 Å². The maximum Gasteiger partial charge on any atom is 0.346 e. The number of fused-ring (bicyclic) bond motifs is 2. The van der Waals surface area contributed by atoms with E-state index in [0.29, 0.717) is 48.7 Å². The van der Waals surface area contributed by atoms with Crippen LogP contribution in [0.4, 0.5) is 0 Å². The highest BCUT2D eigenvalue weighted by atomic mass is 35.5. The lowest BCUT2D eigenvalue weighted by Crippen LogP contribution is -2.21. The van der Waals surface area contributed by atoms with E-state index in [1.165, 1.54) is 18.2 Å². The quantitative estimate of drug-likeness (QED) is 0.101. The summed E-state index contributed by atoms with van der Waals surface area (Å²) in [5.41, 5.74) is 1.32. The van der Waals surface area contributed by atoms with Crippen molar-refractivity contribution in [1.29, 1.82) is 0 Å². The first kappa shape index (κ1) is 20.0. The Hall–Kier alpha value is -3.45. The SMILES string of the molecule is Cc1cc2c3c(cc(Cl)c4c5c(Cl)cc6c7c(cc(Cl)c(c1c34)c75)C(=O)OC6=O)C(=O)OC2=O. The molecule has 0 saturated heterocycles. The first-order chi connectivity index (χ1) is 16.2. The van der Waals surface area contributed by atoms with Crippen LogP contribution < -0.4 is 0 Å². The van der Waals surface area contributed by atoms with Crippen LogP contribution in [0.1, 0.15) is 47.0 Å². The number of rotatable bonds is 0. The molecule has 9 heteroatoms. The number of hydrogen-bond acceptors (Lipinski definition) is 6. The number of halogens is 3. The van der Waals surface area contributed by atoms with Gasteiger partial charge in [-0.1, -0.05) is 34.8 Å². The molecule has 0 radical (unpaired) electrons. The van der Waals surface area contributed by atoms with Gasteiger partial charge in [0.25, 0.3) is 0 Å². The van der Waals surface area contributed by atoms with Gasteiger partial charge in [0.05, 0.1) is 22.3 Å². The van der Waals surface area contributed by atoms with Crippen molar-refractivity contribution in [3.8, 4) is 0 Å². The molecule has 5 aromatic rings. The van der Waals surface area contributed by atoms with Crippen molar-refractivity contribution in [2.24, 2.45) is 0 Å². The largest absolute Gasteiger partial charge is 0.386 e. The van der Waals surface area contributed by atoms with Crippen LogP contribution in [0.15, 0.2) is 24.3 Å². The molecular formula is C25H7Cl3O6. The van der Waals surface area contributed by atoms with Crippen molar-refractivity contribution < 1.29 is 28.7 Å². The number of esters is 4. The molecule has 0 bridgehead atoms. The maximum atomic E-state index is 12.6. The summed E-state index contributed by atoms with van der Waals surface area (Å²) in [6.45, 7) is 1.79. The Bertz CT molecular complexity index is 1650. The Morgan fingerprint density at radius 1 is 0.471 bits per heavy atom. The van der Waals surface area contributed by atoms with Crippen LogP contribution in [0.3, 0.4) is 0 Å². The van der Waals surface area contributed by atoms with Gasteiger partial charge in [0, 0.05) is 52.8 Å². The van der Waals surface area contributed by atoms with E-state index in [4.69, 9.17) is 44.3 Å². The molecule has 0 atom stereocenters. The van der Waals surface area contributed by atoms with Crippen molar-refractivity contribution in [2.45, 2.75) is 6.92 Å². The fourth-order valence-electron chi connectivity index (χ4n) is 5.40. The highest BCUT2D eigenvalue weighted by Crippen LogP contribution is 2.52. The van der Waals surface area contributed by atoms with Gasteiger partial charge < -0.3 is 9.47 Å². The predicted octanol–water partition coefficient (Wildman–Crippen LogP) is 6.63. The number of hydrogen-bond donors (Lipinski definition) is 0. The van der Waals surface area contributed by atoms with Gasteiger partial charge in [-0.05, 0) is 42.1 Å². The van der Waals surface area contributed by atoms with Crippen molar-refractivity contribution in [2.75, 3.05) is 0 Å². The first-order valence-corrected chi connectivity index (χ1v) is 11.1. The van der Waals surface area contributed by atoms with E-state index in [9.17, 15) is 19.2 Å². The molecule has 2 aliphatic rings. The monoisotopic (exact) mass is 508 g/mol. The zero-order valence-electron chi connectivity index (χ0n) is 16.9. The second kappa shape index (κ2) is 6.16. The summed E-state index contributed by atoms with van der Waals surface area (Å²) in [5.74, 6) is -3.19. The first-order valence-electron chi connectivity index (χ1n) is 10.0. The molecule has 0 aliphatic carbocycles. The molecule has 0 unspecified atom stereocenters. The summed E-state index contributed by atoms with van der Waals surface area (Å²) < 4.78 is 9.80. The molecule has 164 valence electrons. The van der Waals surface area contributed by atoms with Crippen LogP contribution in [0, 0.1) is 6.92 Å². The highest BCUT2D eigenvalue weighted by molar-refractivity contribution is 6.53. The van der Waals surface area contributed by atoms with Crippen LogP contribution in [0.2, 0.25) is 15.1 Å². The third-order valence-electron chi connectivity index (χ3n) is 6.61. The van der Waals surface area contributed by atoms with Crippen LogP contribution in [0.25, 0.3) is 43.1 Å². The van der Waals surface area contributed by atoms with Crippen molar-refractivity contribution in [3.63, 3.8) is 0 Å². The predicted molar refractivity (Wildman–Crippen MR) is 127 cm³/mol. The zero-order valence-corrected chi connectivity index (χ0v) is 19.2. The summed E-state index contributed by atoms with van der Waals surface area (Å²) in [7, 11) is 0. The van der Waals surface area contributed by atoms with Gasteiger partial charge >= 0.3 is 23.9 Å². The van der Waals surface area contributed by atoms with E-state index < -0.39 is 23.9 Å². The second-order valence-corrected chi connectivity index (χ2v) is 9.53. The number of carbonyl (C=O) groups excluding carboxylic acids is 4. The third-order valence-corrected chi connectivity index (χ3v) is 7.51. The average Bonchev–Trinajstić information content (AvgIpc) is 2.77. The molecule has 6 nitrogen and oxygen atoms in total. The molecule has 0 saturated carbocycles. The number of aryl methyl sites for hydroxylation is 1. The maximum absolute atomic E-state index is 12.6. The molecule has 5 aromatic carbocycles. The summed E-state index contributed by atoms with van der Waals surface area (Å²) in [5, 5.41) is 4.46. The second-order valence-electron chi connectivity index (χ2n) is 8.31. The average molecular weight is 510 g/mol. The summed E-state index contributed by atoms with van der Waals surface area (Å²) in [6, 6.07) is 5.95. The van der Waals surface area contributed by atoms with Crippen LogP contribution in [-0.2, 0) is 9.47 Å². The van der Waals surface area contributed by atoms with Gasteiger partial charge in [0.15, 0.2) is 0 Å². The van der Waals surface area contributed by atoms with E-state index >= 15 is 0 Å². The Balaban J connectivity index is 1.93. The van der Waals surface area contributed by atoms with Gasteiger partial charge in [-0.2, -0.15) is 0 Å². The van der Waals surface area contributed by atoms with Gasteiger partial charge in [0.2, 0.25) is 0 Å². The Morgan fingerprint density at radius 3 is 1.21 bits per heavy atom. The Labute approximate surface area is 204 Å². The normalized spacial score (nSPS) is 15.2. The van der Waals surface area contributed by atoms with Crippen LogP contribution >= 0.6 is 34.8 Å². The van der Waals surface area contributed by atoms with Gasteiger partial charge in [0.1, 0.15) is 0 Å². The molecule has 0 fully saturated rings. The van der Waals surface area contributed by atoms with Crippen molar-refractivity contribution >= 4 is 102 Å². The number of ether oxygens (including phenoxy) is 2. The Morgan fingerprint density at radius 2 is 0.794 bits per heavy atom. The fourth-order valence-corrected chi connectivity index (χ4v) is 6.29. The topological polar surface area (TPSA) is 86.7 Å². The smallest absolute Gasteiger partial charge is 0.346 e. The van der Waals surface area contributed by atoms with E-state index in [2.05, 4.69) is 0 Å². The van der Waals surface area contributed by atoms with Crippen molar-refractivity contribution in [1.82, 2.24) is 0 Å². The van der Waals surface area contributed by atoms with Crippen LogP contribution in [-0.4, -0.2) is 23.9 Å². The molecular weight excluding hydrogens is 503 g/mol. The minimum absolute atomic E-state index is 0.137.